The number of rotatable bonds is 3. The number of carboxylic acids is 1. The minimum Gasteiger partial charge on any atom is -0.477 e. The first kappa shape index (κ1) is 16.3. The first-order valence-electron chi connectivity index (χ1n) is 4.61. The Labute approximate surface area is 111 Å². The zero-order chi connectivity index (χ0) is 15.7. The quantitative estimate of drug-likeness (QED) is 0.684. The van der Waals surface area contributed by atoms with Gasteiger partial charge in [0.1, 0.15) is 11.1 Å². The van der Waals surface area contributed by atoms with Crippen molar-refractivity contribution in [2.75, 3.05) is 0 Å². The zero-order valence-corrected chi connectivity index (χ0v) is 9.90. The number of ether oxygens (including phenoxy) is 1. The molecular formula is C9H4ClF6NO3. The van der Waals surface area contributed by atoms with Crippen LogP contribution in [0.1, 0.15) is 21.6 Å². The summed E-state index contributed by atoms with van der Waals surface area (Å²) in [5.74, 6) is -4.81. The predicted octanol–water partition coefficient (Wildman–Crippen LogP) is 3.44. The SMILES string of the molecule is O=C(O)c1cnc(CCl)c(C(F)(F)F)c1OC(F)(F)F. The van der Waals surface area contributed by atoms with E-state index >= 15 is 0 Å². The molecule has 0 spiro atoms. The number of aromatic nitrogens is 1. The van der Waals surface area contributed by atoms with Gasteiger partial charge in [0.25, 0.3) is 0 Å². The van der Waals surface area contributed by atoms with Gasteiger partial charge in [-0.15, -0.1) is 24.8 Å². The average Bonchev–Trinajstić information content (AvgIpc) is 2.23. The Kier molecular flexibility index (Phi) is 4.37. The Morgan fingerprint density at radius 3 is 2.20 bits per heavy atom. The minimum atomic E-state index is -5.50. The molecule has 20 heavy (non-hydrogen) atoms. The van der Waals surface area contributed by atoms with E-state index < -0.39 is 47.0 Å². The Morgan fingerprint density at radius 2 is 1.85 bits per heavy atom. The van der Waals surface area contributed by atoms with E-state index in [0.717, 1.165) is 0 Å². The lowest BCUT2D eigenvalue weighted by molar-refractivity contribution is -0.276. The van der Waals surface area contributed by atoms with Gasteiger partial charge in [0.15, 0.2) is 5.75 Å². The lowest BCUT2D eigenvalue weighted by Crippen LogP contribution is -2.24. The summed E-state index contributed by atoms with van der Waals surface area (Å²) in [6, 6.07) is 0. The number of halogens is 7. The van der Waals surface area contributed by atoms with Crippen LogP contribution in [-0.2, 0) is 12.1 Å². The fraction of sp³-hybridized carbons (Fsp3) is 0.333. The molecule has 11 heteroatoms. The summed E-state index contributed by atoms with van der Waals surface area (Å²) >= 11 is 5.17. The van der Waals surface area contributed by atoms with Crippen LogP contribution in [0, 0.1) is 0 Å². The highest BCUT2D eigenvalue weighted by atomic mass is 35.5. The van der Waals surface area contributed by atoms with E-state index in [1.165, 1.54) is 0 Å². The van der Waals surface area contributed by atoms with E-state index in [4.69, 9.17) is 16.7 Å². The van der Waals surface area contributed by atoms with Gasteiger partial charge in [-0.3, -0.25) is 4.98 Å². The molecule has 0 aliphatic heterocycles. The number of carboxylic acid groups (broad SMARTS) is 1. The first-order chi connectivity index (χ1) is 8.97. The van der Waals surface area contributed by atoms with Crippen LogP contribution in [0.2, 0.25) is 0 Å². The summed E-state index contributed by atoms with van der Waals surface area (Å²) < 4.78 is 78.0. The summed E-state index contributed by atoms with van der Waals surface area (Å²) in [7, 11) is 0. The second-order valence-corrected chi connectivity index (χ2v) is 3.57. The molecule has 0 unspecified atom stereocenters. The molecule has 112 valence electrons. The van der Waals surface area contributed by atoms with Crippen molar-refractivity contribution in [3.63, 3.8) is 0 Å². The van der Waals surface area contributed by atoms with Crippen molar-refractivity contribution >= 4 is 17.6 Å². The molecule has 0 fully saturated rings. The Balaban J connectivity index is 3.65. The third-order valence-corrected chi connectivity index (χ3v) is 2.22. The maximum Gasteiger partial charge on any atom is 0.573 e. The molecule has 0 bridgehead atoms. The molecule has 4 nitrogen and oxygen atoms in total. The van der Waals surface area contributed by atoms with Crippen LogP contribution in [0.3, 0.4) is 0 Å². The van der Waals surface area contributed by atoms with E-state index in [9.17, 15) is 31.1 Å². The lowest BCUT2D eigenvalue weighted by Gasteiger charge is -2.18. The van der Waals surface area contributed by atoms with Gasteiger partial charge in [0.05, 0.1) is 11.6 Å². The first-order valence-corrected chi connectivity index (χ1v) is 5.15. The van der Waals surface area contributed by atoms with Crippen molar-refractivity contribution in [3.05, 3.63) is 23.0 Å². The summed E-state index contributed by atoms with van der Waals surface area (Å²) in [6.07, 6.45) is -10.5. The van der Waals surface area contributed by atoms with Crippen LogP contribution in [0.4, 0.5) is 26.3 Å². The van der Waals surface area contributed by atoms with Gasteiger partial charge in [-0.25, -0.2) is 4.79 Å². The molecule has 0 aromatic carbocycles. The molecule has 0 atom stereocenters. The molecule has 0 aliphatic carbocycles. The average molecular weight is 324 g/mol. The molecular weight excluding hydrogens is 320 g/mol. The number of alkyl halides is 7. The second-order valence-electron chi connectivity index (χ2n) is 3.31. The minimum absolute atomic E-state index is 0.316. The van der Waals surface area contributed by atoms with E-state index in [1.54, 1.807) is 0 Å². The fourth-order valence-electron chi connectivity index (χ4n) is 1.30. The van der Waals surface area contributed by atoms with Crippen LogP contribution in [0.25, 0.3) is 0 Å². The Hall–Kier alpha value is -1.71. The maximum atomic E-state index is 12.8. The number of hydrogen-bond acceptors (Lipinski definition) is 3. The highest BCUT2D eigenvalue weighted by Gasteiger charge is 2.44. The van der Waals surface area contributed by atoms with Crippen molar-refractivity contribution in [2.45, 2.75) is 18.4 Å². The Morgan fingerprint density at radius 1 is 1.30 bits per heavy atom. The molecule has 1 rings (SSSR count). The number of carbonyl (C=O) groups is 1. The van der Waals surface area contributed by atoms with Gasteiger partial charge >= 0.3 is 18.5 Å². The largest absolute Gasteiger partial charge is 0.573 e. The van der Waals surface area contributed by atoms with Gasteiger partial charge in [-0.2, -0.15) is 13.2 Å². The summed E-state index contributed by atoms with van der Waals surface area (Å²) in [5.41, 5.74) is -4.31. The van der Waals surface area contributed by atoms with Gasteiger partial charge < -0.3 is 9.84 Å². The van der Waals surface area contributed by atoms with Crippen LogP contribution in [-0.4, -0.2) is 22.4 Å². The smallest absolute Gasteiger partial charge is 0.477 e. The summed E-state index contributed by atoms with van der Waals surface area (Å²) in [5, 5.41) is 8.63. The molecule has 1 aromatic heterocycles. The number of hydrogen-bond donors (Lipinski definition) is 1. The van der Waals surface area contributed by atoms with Crippen molar-refractivity contribution in [1.82, 2.24) is 4.98 Å². The third kappa shape index (κ3) is 3.65. The number of aromatic carboxylic acids is 1. The highest BCUT2D eigenvalue weighted by molar-refractivity contribution is 6.17. The van der Waals surface area contributed by atoms with Gasteiger partial charge in [-0.05, 0) is 0 Å². The monoisotopic (exact) mass is 323 g/mol. The lowest BCUT2D eigenvalue weighted by atomic mass is 10.1. The molecule has 1 heterocycles. The van der Waals surface area contributed by atoms with Crippen molar-refractivity contribution in [3.8, 4) is 5.75 Å². The second kappa shape index (κ2) is 5.35. The standard InChI is InChI=1S/C9H4ClF6NO3/c10-1-4-5(8(11,12)13)6(20-9(14,15)16)3(2-17-4)7(18)19/h2H,1H2,(H,18,19). The van der Waals surface area contributed by atoms with Crippen LogP contribution >= 0.6 is 11.6 Å². The molecule has 0 radical (unpaired) electrons. The van der Waals surface area contributed by atoms with Gasteiger partial charge in [0, 0.05) is 6.20 Å². The normalized spacial score (nSPS) is 12.3. The van der Waals surface area contributed by atoms with E-state index in [2.05, 4.69) is 9.72 Å². The van der Waals surface area contributed by atoms with Crippen molar-refractivity contribution < 1.29 is 41.0 Å². The topological polar surface area (TPSA) is 59.4 Å². The predicted molar refractivity (Wildman–Crippen MR) is 52.4 cm³/mol. The van der Waals surface area contributed by atoms with Crippen LogP contribution in [0.5, 0.6) is 5.75 Å². The van der Waals surface area contributed by atoms with E-state index in [-0.39, 0.29) is 0 Å². The number of nitrogens with zero attached hydrogens (tertiary/aromatic N) is 1. The molecule has 1 N–H and O–H groups in total. The van der Waals surface area contributed by atoms with Crippen molar-refractivity contribution in [2.24, 2.45) is 0 Å². The van der Waals surface area contributed by atoms with Crippen LogP contribution in [0.15, 0.2) is 6.20 Å². The molecule has 0 saturated heterocycles. The molecule has 0 aliphatic rings. The van der Waals surface area contributed by atoms with Crippen molar-refractivity contribution in [1.29, 1.82) is 0 Å². The summed E-state index contributed by atoms with van der Waals surface area (Å²) in [6.45, 7) is 0. The molecule has 1 aromatic rings. The maximum absolute atomic E-state index is 12.8. The van der Waals surface area contributed by atoms with Crippen LogP contribution < -0.4 is 4.74 Å². The van der Waals surface area contributed by atoms with E-state index in [1.807, 2.05) is 0 Å². The molecule has 0 saturated carbocycles. The zero-order valence-electron chi connectivity index (χ0n) is 9.14. The summed E-state index contributed by atoms with van der Waals surface area (Å²) in [4.78, 5) is 13.8. The molecule has 0 amide bonds. The van der Waals surface area contributed by atoms with Gasteiger partial charge in [-0.1, -0.05) is 0 Å². The third-order valence-electron chi connectivity index (χ3n) is 1.97. The van der Waals surface area contributed by atoms with Gasteiger partial charge in [0.2, 0.25) is 0 Å². The highest BCUT2D eigenvalue weighted by Crippen LogP contribution is 2.42. The number of pyridine rings is 1. The van der Waals surface area contributed by atoms with E-state index in [0.29, 0.717) is 6.20 Å². The fourth-order valence-corrected chi connectivity index (χ4v) is 1.50. The Bertz CT molecular complexity index is 528.